The zero-order valence-electron chi connectivity index (χ0n) is 16.2. The SMILES string of the molecule is COc1ccccc1-c1cn([C@@H]2C[C@@H]3CN(C(=O)CO)C[C@@H]3C[C@H]2OC)nn1. The van der Waals surface area contributed by atoms with Gasteiger partial charge in [-0.15, -0.1) is 5.10 Å². The first kappa shape index (κ1) is 18.9. The molecule has 2 aromatic rings. The molecule has 4 rings (SSSR count). The molecule has 1 aromatic heterocycles. The van der Waals surface area contributed by atoms with E-state index in [-0.39, 0.29) is 18.1 Å². The highest BCUT2D eigenvalue weighted by molar-refractivity contribution is 5.77. The van der Waals surface area contributed by atoms with Crippen LogP contribution >= 0.6 is 0 Å². The molecule has 0 radical (unpaired) electrons. The minimum Gasteiger partial charge on any atom is -0.496 e. The summed E-state index contributed by atoms with van der Waals surface area (Å²) in [6, 6.07) is 7.81. The van der Waals surface area contributed by atoms with E-state index in [0.717, 1.165) is 29.8 Å². The third-order valence-corrected chi connectivity index (χ3v) is 6.11. The van der Waals surface area contributed by atoms with Crippen molar-refractivity contribution >= 4 is 5.91 Å². The summed E-state index contributed by atoms with van der Waals surface area (Å²) in [6.45, 7) is 0.952. The quantitative estimate of drug-likeness (QED) is 0.835. The molecule has 0 spiro atoms. The van der Waals surface area contributed by atoms with Crippen LogP contribution in [-0.4, -0.2) is 70.9 Å². The van der Waals surface area contributed by atoms with Crippen LogP contribution in [0.1, 0.15) is 18.9 Å². The summed E-state index contributed by atoms with van der Waals surface area (Å²) in [7, 11) is 3.37. The van der Waals surface area contributed by atoms with E-state index in [1.807, 2.05) is 35.1 Å². The van der Waals surface area contributed by atoms with Crippen LogP contribution < -0.4 is 4.74 Å². The summed E-state index contributed by atoms with van der Waals surface area (Å²) in [5.74, 6) is 1.34. The lowest BCUT2D eigenvalue weighted by molar-refractivity contribution is -0.133. The lowest BCUT2D eigenvalue weighted by atomic mass is 9.77. The van der Waals surface area contributed by atoms with Gasteiger partial charge in [0.25, 0.3) is 0 Å². The first-order valence-electron chi connectivity index (χ1n) is 9.61. The molecule has 2 fully saturated rings. The topological polar surface area (TPSA) is 89.7 Å². The minimum atomic E-state index is -0.429. The molecular formula is C20H26N4O4. The summed E-state index contributed by atoms with van der Waals surface area (Å²) >= 11 is 0. The molecule has 8 nitrogen and oxygen atoms in total. The van der Waals surface area contributed by atoms with Crippen molar-refractivity contribution < 1.29 is 19.4 Å². The molecule has 1 saturated carbocycles. The molecular weight excluding hydrogens is 360 g/mol. The summed E-state index contributed by atoms with van der Waals surface area (Å²) in [6.07, 6.45) is 3.69. The number of hydrogen-bond acceptors (Lipinski definition) is 6. The van der Waals surface area contributed by atoms with Crippen LogP contribution in [0.15, 0.2) is 30.5 Å². The van der Waals surface area contributed by atoms with Gasteiger partial charge in [-0.05, 0) is 36.8 Å². The first-order valence-corrected chi connectivity index (χ1v) is 9.61. The molecule has 2 heterocycles. The highest BCUT2D eigenvalue weighted by Crippen LogP contribution is 2.42. The second-order valence-electron chi connectivity index (χ2n) is 7.57. The third-order valence-electron chi connectivity index (χ3n) is 6.11. The number of aliphatic hydroxyl groups excluding tert-OH is 1. The van der Waals surface area contributed by atoms with Crippen LogP contribution in [0, 0.1) is 11.8 Å². The van der Waals surface area contributed by atoms with Crippen molar-refractivity contribution in [3.8, 4) is 17.0 Å². The maximum Gasteiger partial charge on any atom is 0.248 e. The molecule has 1 aliphatic carbocycles. The number of methoxy groups -OCH3 is 2. The maximum atomic E-state index is 11.9. The van der Waals surface area contributed by atoms with Crippen LogP contribution in [0.4, 0.5) is 0 Å². The van der Waals surface area contributed by atoms with E-state index in [1.165, 1.54) is 0 Å². The van der Waals surface area contributed by atoms with Crippen molar-refractivity contribution in [1.29, 1.82) is 0 Å². The summed E-state index contributed by atoms with van der Waals surface area (Å²) in [5.41, 5.74) is 1.66. The van der Waals surface area contributed by atoms with Crippen molar-refractivity contribution in [3.63, 3.8) is 0 Å². The highest BCUT2D eigenvalue weighted by Gasteiger charge is 2.44. The lowest BCUT2D eigenvalue weighted by Gasteiger charge is -2.36. The van der Waals surface area contributed by atoms with Gasteiger partial charge >= 0.3 is 0 Å². The zero-order chi connectivity index (χ0) is 19.7. The standard InChI is InChI=1S/C20H26N4O4/c1-27-18-6-4-3-5-15(18)16-11-24(22-21-16)17-7-13-9-23(20(26)12-25)10-14(13)8-19(17)28-2/h3-6,11,13-14,17,19,25H,7-10,12H2,1-2H3/t13-,14+,17-,19-/m1/s1. The Balaban J connectivity index is 1.56. The highest BCUT2D eigenvalue weighted by atomic mass is 16.5. The molecule has 1 aliphatic heterocycles. The van der Waals surface area contributed by atoms with Crippen molar-refractivity contribution in [2.45, 2.75) is 25.0 Å². The number of rotatable bonds is 5. The largest absolute Gasteiger partial charge is 0.496 e. The fourth-order valence-electron chi connectivity index (χ4n) is 4.64. The number of hydrogen-bond donors (Lipinski definition) is 1. The van der Waals surface area contributed by atoms with Gasteiger partial charge in [0.2, 0.25) is 5.91 Å². The predicted molar refractivity (Wildman–Crippen MR) is 102 cm³/mol. The molecule has 0 unspecified atom stereocenters. The number of para-hydroxylation sites is 1. The maximum absolute atomic E-state index is 11.9. The van der Waals surface area contributed by atoms with Crippen LogP contribution in [0.25, 0.3) is 11.3 Å². The van der Waals surface area contributed by atoms with E-state index < -0.39 is 6.61 Å². The number of ether oxygens (including phenoxy) is 2. The number of benzene rings is 1. The fourth-order valence-corrected chi connectivity index (χ4v) is 4.64. The van der Waals surface area contributed by atoms with E-state index in [1.54, 1.807) is 19.1 Å². The van der Waals surface area contributed by atoms with E-state index in [0.29, 0.717) is 24.9 Å². The first-order chi connectivity index (χ1) is 13.6. The molecule has 1 aromatic carbocycles. The molecule has 8 heteroatoms. The molecule has 2 aliphatic rings. The molecule has 4 atom stereocenters. The number of amides is 1. The van der Waals surface area contributed by atoms with E-state index in [2.05, 4.69) is 10.3 Å². The minimum absolute atomic E-state index is 0.0117. The van der Waals surface area contributed by atoms with E-state index in [9.17, 15) is 4.79 Å². The van der Waals surface area contributed by atoms with Gasteiger partial charge in [-0.3, -0.25) is 4.79 Å². The number of aliphatic hydroxyl groups is 1. The molecule has 28 heavy (non-hydrogen) atoms. The predicted octanol–water partition coefficient (Wildman–Crippen LogP) is 1.37. The monoisotopic (exact) mass is 386 g/mol. The Morgan fingerprint density at radius 3 is 2.68 bits per heavy atom. The Morgan fingerprint density at radius 1 is 1.21 bits per heavy atom. The van der Waals surface area contributed by atoms with Gasteiger partial charge < -0.3 is 19.5 Å². The Kier molecular flexibility index (Phi) is 5.32. The Bertz CT molecular complexity index is 839. The van der Waals surface area contributed by atoms with Crippen molar-refractivity contribution in [3.05, 3.63) is 30.5 Å². The third kappa shape index (κ3) is 3.38. The fraction of sp³-hybridized carbons (Fsp3) is 0.550. The van der Waals surface area contributed by atoms with Gasteiger partial charge in [-0.25, -0.2) is 4.68 Å². The van der Waals surface area contributed by atoms with Crippen molar-refractivity contribution in [1.82, 2.24) is 19.9 Å². The van der Waals surface area contributed by atoms with Gasteiger partial charge in [0.1, 0.15) is 18.1 Å². The number of carbonyl (C=O) groups is 1. The normalized spacial score (nSPS) is 26.9. The summed E-state index contributed by atoms with van der Waals surface area (Å²) in [4.78, 5) is 13.7. The van der Waals surface area contributed by atoms with Gasteiger partial charge in [-0.2, -0.15) is 0 Å². The average molecular weight is 386 g/mol. The van der Waals surface area contributed by atoms with Gasteiger partial charge in [0.15, 0.2) is 0 Å². The van der Waals surface area contributed by atoms with Gasteiger partial charge in [-0.1, -0.05) is 17.3 Å². The second kappa shape index (κ2) is 7.89. The molecule has 0 bridgehead atoms. The number of nitrogens with zero attached hydrogens (tertiary/aromatic N) is 4. The number of carbonyl (C=O) groups excluding carboxylic acids is 1. The smallest absolute Gasteiger partial charge is 0.248 e. The Labute approximate surface area is 164 Å². The lowest BCUT2D eigenvalue weighted by Crippen LogP contribution is -2.37. The molecule has 150 valence electrons. The summed E-state index contributed by atoms with van der Waals surface area (Å²) in [5, 5.41) is 17.9. The van der Waals surface area contributed by atoms with Crippen LogP contribution in [0.3, 0.4) is 0 Å². The van der Waals surface area contributed by atoms with Gasteiger partial charge in [0, 0.05) is 25.8 Å². The molecule has 1 amide bonds. The number of aromatic nitrogens is 3. The van der Waals surface area contributed by atoms with Crippen LogP contribution in [0.5, 0.6) is 5.75 Å². The number of likely N-dealkylation sites (tertiary alicyclic amines) is 1. The second-order valence-corrected chi connectivity index (χ2v) is 7.57. The van der Waals surface area contributed by atoms with Crippen LogP contribution in [0.2, 0.25) is 0 Å². The zero-order valence-corrected chi connectivity index (χ0v) is 16.2. The average Bonchev–Trinajstić information content (AvgIpc) is 3.38. The van der Waals surface area contributed by atoms with Gasteiger partial charge in [0.05, 0.1) is 25.5 Å². The van der Waals surface area contributed by atoms with Crippen molar-refractivity contribution in [2.24, 2.45) is 11.8 Å². The Hall–Kier alpha value is -2.45. The Morgan fingerprint density at radius 2 is 1.96 bits per heavy atom. The molecule has 1 saturated heterocycles. The number of fused-ring (bicyclic) bond motifs is 1. The van der Waals surface area contributed by atoms with E-state index >= 15 is 0 Å². The summed E-state index contributed by atoms with van der Waals surface area (Å²) < 4.78 is 13.1. The van der Waals surface area contributed by atoms with E-state index in [4.69, 9.17) is 14.6 Å². The molecule has 1 N–H and O–H groups in total. The van der Waals surface area contributed by atoms with Crippen molar-refractivity contribution in [2.75, 3.05) is 33.9 Å². The van der Waals surface area contributed by atoms with Crippen LogP contribution in [-0.2, 0) is 9.53 Å².